The minimum Gasteiger partial charge on any atom is -0.339 e. The summed E-state index contributed by atoms with van der Waals surface area (Å²) in [7, 11) is -3.77. The van der Waals surface area contributed by atoms with Crippen molar-refractivity contribution in [2.75, 3.05) is 18.4 Å². The van der Waals surface area contributed by atoms with E-state index in [2.05, 4.69) is 20.4 Å². The third kappa shape index (κ3) is 4.51. The summed E-state index contributed by atoms with van der Waals surface area (Å²) in [5.74, 6) is 1.19. The maximum Gasteiger partial charge on any atom is 0.244 e. The summed E-state index contributed by atoms with van der Waals surface area (Å²) in [5, 5.41) is 6.89. The molecule has 0 bridgehead atoms. The van der Waals surface area contributed by atoms with Gasteiger partial charge in [-0.25, -0.2) is 13.4 Å². The lowest BCUT2D eigenvalue weighted by molar-refractivity contribution is -0.120. The summed E-state index contributed by atoms with van der Waals surface area (Å²) >= 11 is 1.34. The van der Waals surface area contributed by atoms with Gasteiger partial charge in [0.05, 0.1) is 15.7 Å². The number of carbonyl (C=O) groups is 1. The van der Waals surface area contributed by atoms with E-state index in [1.807, 2.05) is 13.0 Å². The molecule has 4 heterocycles. The molecule has 1 saturated carbocycles. The highest BCUT2D eigenvalue weighted by atomic mass is 32.2. The highest BCUT2D eigenvalue weighted by Crippen LogP contribution is 2.38. The molecular weight excluding hydrogens is 474 g/mol. The van der Waals surface area contributed by atoms with Gasteiger partial charge in [-0.1, -0.05) is 17.6 Å². The second-order valence-corrected chi connectivity index (χ2v) is 12.2. The fourth-order valence-electron chi connectivity index (χ4n) is 4.27. The summed E-state index contributed by atoms with van der Waals surface area (Å²) in [6.07, 6.45) is 6.19. The second-order valence-electron chi connectivity index (χ2n) is 9.03. The normalized spacial score (nSPS) is 19.6. The number of anilines is 1. The molecule has 9 nitrogen and oxygen atoms in total. The summed E-state index contributed by atoms with van der Waals surface area (Å²) in [6.45, 7) is 4.23. The predicted molar refractivity (Wildman–Crippen MR) is 128 cm³/mol. The molecule has 1 N–H and O–H groups in total. The van der Waals surface area contributed by atoms with Crippen molar-refractivity contribution in [2.45, 2.75) is 56.8 Å². The molecule has 180 valence electrons. The van der Waals surface area contributed by atoms with Gasteiger partial charge in [0, 0.05) is 30.1 Å². The lowest BCUT2D eigenvalue weighted by atomic mass is 9.85. The molecule has 3 aromatic heterocycles. The van der Waals surface area contributed by atoms with Crippen molar-refractivity contribution in [3.05, 3.63) is 40.7 Å². The number of nitrogens with zero attached hydrogens (tertiary/aromatic N) is 4. The number of amides is 1. The third-order valence-electron chi connectivity index (χ3n) is 6.52. The van der Waals surface area contributed by atoms with Gasteiger partial charge in [0.25, 0.3) is 0 Å². The second kappa shape index (κ2) is 9.20. The van der Waals surface area contributed by atoms with Crippen LogP contribution in [0.2, 0.25) is 0 Å². The SMILES string of the molecule is Cc1ccc(NC(=O)[C@@H]2CCCN(S(=O)(=O)c3cc(-c4noc(C5CCC5)n4)sc3C)C2)nc1. The van der Waals surface area contributed by atoms with Crippen LogP contribution in [-0.2, 0) is 14.8 Å². The number of carbonyl (C=O) groups excluding carboxylic acids is 1. The zero-order chi connectivity index (χ0) is 23.9. The van der Waals surface area contributed by atoms with E-state index in [4.69, 9.17) is 4.52 Å². The van der Waals surface area contributed by atoms with E-state index in [1.165, 1.54) is 22.1 Å². The fourth-order valence-corrected chi connectivity index (χ4v) is 7.28. The Bertz CT molecular complexity index is 1300. The molecule has 0 unspecified atom stereocenters. The quantitative estimate of drug-likeness (QED) is 0.540. The molecule has 1 atom stereocenters. The number of nitrogens with one attached hydrogen (secondary N) is 1. The highest BCUT2D eigenvalue weighted by Gasteiger charge is 2.35. The van der Waals surface area contributed by atoms with Gasteiger partial charge in [0.2, 0.25) is 27.6 Å². The number of rotatable bonds is 6. The molecule has 34 heavy (non-hydrogen) atoms. The number of thiophene rings is 1. The Hall–Kier alpha value is -2.63. The number of aromatic nitrogens is 3. The van der Waals surface area contributed by atoms with Gasteiger partial charge in [0.1, 0.15) is 5.82 Å². The molecule has 2 aliphatic rings. The van der Waals surface area contributed by atoms with E-state index in [1.54, 1.807) is 25.3 Å². The first-order valence-corrected chi connectivity index (χ1v) is 13.7. The molecule has 1 amide bonds. The van der Waals surface area contributed by atoms with Gasteiger partial charge in [-0.3, -0.25) is 4.79 Å². The first-order valence-electron chi connectivity index (χ1n) is 11.5. The van der Waals surface area contributed by atoms with Crippen molar-refractivity contribution in [2.24, 2.45) is 5.92 Å². The van der Waals surface area contributed by atoms with Crippen LogP contribution in [0.4, 0.5) is 5.82 Å². The van der Waals surface area contributed by atoms with Crippen LogP contribution in [0, 0.1) is 19.8 Å². The van der Waals surface area contributed by atoms with E-state index < -0.39 is 15.9 Å². The topological polar surface area (TPSA) is 118 Å². The fraction of sp³-hybridized carbons (Fsp3) is 0.478. The van der Waals surface area contributed by atoms with Crippen LogP contribution in [0.3, 0.4) is 0 Å². The zero-order valence-electron chi connectivity index (χ0n) is 19.2. The molecule has 0 radical (unpaired) electrons. The minimum atomic E-state index is -3.77. The van der Waals surface area contributed by atoms with Gasteiger partial charge in [0.15, 0.2) is 0 Å². The number of hydrogen-bond donors (Lipinski definition) is 1. The smallest absolute Gasteiger partial charge is 0.244 e. The Balaban J connectivity index is 1.31. The van der Waals surface area contributed by atoms with Crippen LogP contribution < -0.4 is 5.32 Å². The van der Waals surface area contributed by atoms with Crippen molar-refractivity contribution < 1.29 is 17.7 Å². The van der Waals surface area contributed by atoms with Crippen LogP contribution in [0.15, 0.2) is 33.8 Å². The van der Waals surface area contributed by atoms with Crippen molar-refractivity contribution in [1.29, 1.82) is 0 Å². The van der Waals surface area contributed by atoms with Crippen LogP contribution in [0.5, 0.6) is 0 Å². The Morgan fingerprint density at radius 3 is 2.74 bits per heavy atom. The lowest BCUT2D eigenvalue weighted by Crippen LogP contribution is -2.43. The van der Waals surface area contributed by atoms with E-state index >= 15 is 0 Å². The lowest BCUT2D eigenvalue weighted by Gasteiger charge is -2.31. The predicted octanol–water partition coefficient (Wildman–Crippen LogP) is 4.12. The number of sulfonamides is 1. The van der Waals surface area contributed by atoms with Gasteiger partial charge < -0.3 is 9.84 Å². The Labute approximate surface area is 202 Å². The molecule has 1 saturated heterocycles. The Kier molecular flexibility index (Phi) is 6.26. The van der Waals surface area contributed by atoms with Crippen LogP contribution >= 0.6 is 11.3 Å². The third-order valence-corrected chi connectivity index (χ3v) is 9.69. The average Bonchev–Trinajstić information content (AvgIpc) is 3.41. The zero-order valence-corrected chi connectivity index (χ0v) is 20.8. The van der Waals surface area contributed by atoms with Crippen molar-refractivity contribution >= 4 is 33.1 Å². The highest BCUT2D eigenvalue weighted by molar-refractivity contribution is 7.89. The van der Waals surface area contributed by atoms with E-state index in [-0.39, 0.29) is 17.3 Å². The molecule has 0 spiro atoms. The molecule has 0 aromatic carbocycles. The summed E-state index contributed by atoms with van der Waals surface area (Å²) in [4.78, 5) is 23.1. The maximum atomic E-state index is 13.5. The minimum absolute atomic E-state index is 0.138. The Morgan fingerprint density at radius 1 is 1.21 bits per heavy atom. The van der Waals surface area contributed by atoms with Crippen molar-refractivity contribution in [3.8, 4) is 10.7 Å². The molecule has 3 aromatic rings. The molecule has 2 fully saturated rings. The first-order chi connectivity index (χ1) is 16.3. The van der Waals surface area contributed by atoms with Crippen molar-refractivity contribution in [3.63, 3.8) is 0 Å². The van der Waals surface area contributed by atoms with Gasteiger partial charge in [-0.15, -0.1) is 11.3 Å². The van der Waals surface area contributed by atoms with Crippen LogP contribution in [0.25, 0.3) is 10.7 Å². The van der Waals surface area contributed by atoms with Crippen LogP contribution in [-0.4, -0.2) is 46.8 Å². The Morgan fingerprint density at radius 2 is 2.03 bits per heavy atom. The molecule has 1 aliphatic carbocycles. The van der Waals surface area contributed by atoms with E-state index in [9.17, 15) is 13.2 Å². The molecular formula is C23H27N5O4S2. The average molecular weight is 502 g/mol. The summed E-state index contributed by atoms with van der Waals surface area (Å²) < 4.78 is 33.8. The summed E-state index contributed by atoms with van der Waals surface area (Å²) in [6, 6.07) is 5.25. The van der Waals surface area contributed by atoms with Gasteiger partial charge >= 0.3 is 0 Å². The standard InChI is InChI=1S/C23H27N5O4S2/c1-14-8-9-20(24-12-14)25-22(29)17-7-4-10-28(13-17)34(30,31)19-11-18(33-15(19)2)21-26-23(32-27-21)16-5-3-6-16/h8-9,11-12,16-17H,3-7,10,13H2,1-2H3,(H,24,25,29)/t17-/m1/s1. The van der Waals surface area contributed by atoms with Gasteiger partial charge in [-0.2, -0.15) is 9.29 Å². The number of piperidine rings is 1. The van der Waals surface area contributed by atoms with Crippen LogP contribution in [0.1, 0.15) is 54.4 Å². The number of aryl methyl sites for hydroxylation is 2. The maximum absolute atomic E-state index is 13.5. The molecule has 11 heteroatoms. The van der Waals surface area contributed by atoms with E-state index in [0.717, 1.165) is 18.4 Å². The number of pyridine rings is 1. The summed E-state index contributed by atoms with van der Waals surface area (Å²) in [5.41, 5.74) is 0.999. The van der Waals surface area contributed by atoms with Gasteiger partial charge in [-0.05, 0) is 57.2 Å². The molecule has 1 aliphatic heterocycles. The van der Waals surface area contributed by atoms with Crippen molar-refractivity contribution in [1.82, 2.24) is 19.4 Å². The van der Waals surface area contributed by atoms with E-state index in [0.29, 0.717) is 52.6 Å². The monoisotopic (exact) mass is 501 g/mol. The number of hydrogen-bond acceptors (Lipinski definition) is 8. The largest absolute Gasteiger partial charge is 0.339 e. The first kappa shape index (κ1) is 23.1. The molecule has 5 rings (SSSR count).